The Morgan fingerprint density at radius 2 is 1.95 bits per heavy atom. The number of benzene rings is 1. The van der Waals surface area contributed by atoms with Gasteiger partial charge in [0.05, 0.1) is 13.0 Å². The van der Waals surface area contributed by atoms with Crippen molar-refractivity contribution in [3.63, 3.8) is 0 Å². The molecular formula is C16H24N2O3. The van der Waals surface area contributed by atoms with Crippen LogP contribution in [0.4, 0.5) is 0 Å². The zero-order valence-electron chi connectivity index (χ0n) is 12.6. The number of piperazine rings is 1. The molecule has 0 amide bonds. The standard InChI is InChI=1S/C16H24N2O3/c1-2-21-15-5-3-4-14(12-15)13-18-10-8-17(9-11-18)7-6-16(19)20/h3-5,12H,2,6-11,13H2,1H3,(H,19,20). The summed E-state index contributed by atoms with van der Waals surface area (Å²) in [7, 11) is 0. The van der Waals surface area contributed by atoms with E-state index in [9.17, 15) is 4.79 Å². The Kier molecular flexibility index (Phi) is 6.02. The van der Waals surface area contributed by atoms with Crippen molar-refractivity contribution >= 4 is 5.97 Å². The minimum Gasteiger partial charge on any atom is -0.494 e. The number of hydrogen-bond acceptors (Lipinski definition) is 4. The highest BCUT2D eigenvalue weighted by atomic mass is 16.5. The second-order valence-electron chi connectivity index (χ2n) is 5.34. The minimum absolute atomic E-state index is 0.233. The van der Waals surface area contributed by atoms with Gasteiger partial charge in [0.1, 0.15) is 5.75 Å². The van der Waals surface area contributed by atoms with Gasteiger partial charge in [-0.25, -0.2) is 0 Å². The van der Waals surface area contributed by atoms with Gasteiger partial charge in [-0.3, -0.25) is 9.69 Å². The van der Waals surface area contributed by atoms with Gasteiger partial charge in [0, 0.05) is 39.3 Å². The number of rotatable bonds is 7. The van der Waals surface area contributed by atoms with E-state index in [1.165, 1.54) is 5.56 Å². The molecule has 2 rings (SSSR count). The fraction of sp³-hybridized carbons (Fsp3) is 0.562. The molecule has 1 aromatic carbocycles. The van der Waals surface area contributed by atoms with E-state index in [0.717, 1.165) is 38.5 Å². The van der Waals surface area contributed by atoms with Crippen molar-refractivity contribution in [3.05, 3.63) is 29.8 Å². The predicted octanol–water partition coefficient (Wildman–Crippen LogP) is 1.68. The van der Waals surface area contributed by atoms with E-state index in [2.05, 4.69) is 21.9 Å². The first-order valence-corrected chi connectivity index (χ1v) is 7.55. The van der Waals surface area contributed by atoms with Crippen molar-refractivity contribution in [1.82, 2.24) is 9.80 Å². The maximum absolute atomic E-state index is 10.6. The largest absolute Gasteiger partial charge is 0.494 e. The third kappa shape index (κ3) is 5.36. The van der Waals surface area contributed by atoms with Crippen molar-refractivity contribution in [1.29, 1.82) is 0 Å². The summed E-state index contributed by atoms with van der Waals surface area (Å²) < 4.78 is 5.52. The molecule has 0 saturated carbocycles. The van der Waals surface area contributed by atoms with E-state index in [1.54, 1.807) is 0 Å². The van der Waals surface area contributed by atoms with Gasteiger partial charge in [0.2, 0.25) is 0 Å². The molecule has 0 unspecified atom stereocenters. The average Bonchev–Trinajstić information content (AvgIpc) is 2.47. The molecule has 116 valence electrons. The van der Waals surface area contributed by atoms with Crippen LogP contribution in [0.2, 0.25) is 0 Å². The predicted molar refractivity (Wildman–Crippen MR) is 81.6 cm³/mol. The van der Waals surface area contributed by atoms with Crippen LogP contribution in [0, 0.1) is 0 Å². The van der Waals surface area contributed by atoms with Crippen LogP contribution in [0.1, 0.15) is 18.9 Å². The van der Waals surface area contributed by atoms with Crippen LogP contribution in [-0.2, 0) is 11.3 Å². The zero-order valence-corrected chi connectivity index (χ0v) is 12.6. The topological polar surface area (TPSA) is 53.0 Å². The van der Waals surface area contributed by atoms with Gasteiger partial charge in [-0.05, 0) is 24.6 Å². The SMILES string of the molecule is CCOc1cccc(CN2CCN(CCC(=O)O)CC2)c1. The molecule has 21 heavy (non-hydrogen) atoms. The molecule has 1 saturated heterocycles. The van der Waals surface area contributed by atoms with E-state index >= 15 is 0 Å². The van der Waals surface area contributed by atoms with Crippen LogP contribution in [0.5, 0.6) is 5.75 Å². The van der Waals surface area contributed by atoms with Gasteiger partial charge in [0.25, 0.3) is 0 Å². The Labute approximate surface area is 126 Å². The Morgan fingerprint density at radius 1 is 1.24 bits per heavy atom. The maximum Gasteiger partial charge on any atom is 0.304 e. The van der Waals surface area contributed by atoms with Crippen molar-refractivity contribution in [2.45, 2.75) is 19.9 Å². The summed E-state index contributed by atoms with van der Waals surface area (Å²) >= 11 is 0. The summed E-state index contributed by atoms with van der Waals surface area (Å²) in [6, 6.07) is 8.24. The molecule has 0 atom stereocenters. The molecular weight excluding hydrogens is 268 g/mol. The monoisotopic (exact) mass is 292 g/mol. The zero-order chi connectivity index (χ0) is 15.1. The lowest BCUT2D eigenvalue weighted by molar-refractivity contribution is -0.137. The van der Waals surface area contributed by atoms with Gasteiger partial charge in [-0.2, -0.15) is 0 Å². The molecule has 1 aromatic rings. The van der Waals surface area contributed by atoms with E-state index in [1.807, 2.05) is 19.1 Å². The van der Waals surface area contributed by atoms with E-state index in [0.29, 0.717) is 13.2 Å². The molecule has 5 nitrogen and oxygen atoms in total. The molecule has 1 fully saturated rings. The van der Waals surface area contributed by atoms with Gasteiger partial charge in [-0.15, -0.1) is 0 Å². The van der Waals surface area contributed by atoms with Crippen LogP contribution in [0.25, 0.3) is 0 Å². The van der Waals surface area contributed by atoms with Crippen molar-refractivity contribution in [3.8, 4) is 5.75 Å². The Balaban J connectivity index is 1.78. The van der Waals surface area contributed by atoms with E-state index in [4.69, 9.17) is 9.84 Å². The normalized spacial score (nSPS) is 16.8. The molecule has 1 aliphatic rings. The lowest BCUT2D eigenvalue weighted by Crippen LogP contribution is -2.46. The highest BCUT2D eigenvalue weighted by Gasteiger charge is 2.17. The lowest BCUT2D eigenvalue weighted by Gasteiger charge is -2.34. The van der Waals surface area contributed by atoms with Crippen LogP contribution in [0.3, 0.4) is 0 Å². The quantitative estimate of drug-likeness (QED) is 0.828. The fourth-order valence-electron chi connectivity index (χ4n) is 2.58. The molecule has 0 aliphatic carbocycles. The molecule has 0 radical (unpaired) electrons. The van der Waals surface area contributed by atoms with Crippen LogP contribution >= 0.6 is 0 Å². The number of carboxylic acids is 1. The Hall–Kier alpha value is -1.59. The third-order valence-corrected chi connectivity index (χ3v) is 3.72. The van der Waals surface area contributed by atoms with Crippen molar-refractivity contribution in [2.75, 3.05) is 39.3 Å². The Morgan fingerprint density at radius 3 is 2.62 bits per heavy atom. The van der Waals surface area contributed by atoms with Gasteiger partial charge in [-0.1, -0.05) is 12.1 Å². The van der Waals surface area contributed by atoms with Crippen molar-refractivity contribution < 1.29 is 14.6 Å². The molecule has 1 N–H and O–H groups in total. The summed E-state index contributed by atoms with van der Waals surface area (Å²) in [6.07, 6.45) is 0.233. The first-order chi connectivity index (χ1) is 10.2. The summed E-state index contributed by atoms with van der Waals surface area (Å²) in [5, 5.41) is 8.71. The molecule has 5 heteroatoms. The second kappa shape index (κ2) is 8.00. The summed E-state index contributed by atoms with van der Waals surface area (Å²) in [5.41, 5.74) is 1.26. The summed E-state index contributed by atoms with van der Waals surface area (Å²) in [6.45, 7) is 8.11. The van der Waals surface area contributed by atoms with Crippen LogP contribution in [-0.4, -0.2) is 60.2 Å². The molecule has 0 bridgehead atoms. The molecule has 0 aromatic heterocycles. The Bertz CT molecular complexity index is 457. The second-order valence-corrected chi connectivity index (χ2v) is 5.34. The maximum atomic E-state index is 10.6. The minimum atomic E-state index is -0.717. The highest BCUT2D eigenvalue weighted by Crippen LogP contribution is 2.16. The smallest absolute Gasteiger partial charge is 0.304 e. The van der Waals surface area contributed by atoms with Crippen LogP contribution in [0.15, 0.2) is 24.3 Å². The van der Waals surface area contributed by atoms with Gasteiger partial charge in [0.15, 0.2) is 0 Å². The number of hydrogen-bond donors (Lipinski definition) is 1. The average molecular weight is 292 g/mol. The van der Waals surface area contributed by atoms with Gasteiger partial charge >= 0.3 is 5.97 Å². The lowest BCUT2D eigenvalue weighted by atomic mass is 10.2. The third-order valence-electron chi connectivity index (χ3n) is 3.72. The van der Waals surface area contributed by atoms with E-state index < -0.39 is 5.97 Å². The number of carbonyl (C=O) groups is 1. The highest BCUT2D eigenvalue weighted by molar-refractivity contribution is 5.66. The molecule has 1 heterocycles. The number of nitrogens with zero attached hydrogens (tertiary/aromatic N) is 2. The molecule has 1 aliphatic heterocycles. The summed E-state index contributed by atoms with van der Waals surface area (Å²) in [5.74, 6) is 0.209. The van der Waals surface area contributed by atoms with Gasteiger partial charge < -0.3 is 14.7 Å². The molecule has 0 spiro atoms. The van der Waals surface area contributed by atoms with Crippen LogP contribution < -0.4 is 4.74 Å². The summed E-state index contributed by atoms with van der Waals surface area (Å²) in [4.78, 5) is 15.2. The number of ether oxygens (including phenoxy) is 1. The fourth-order valence-corrected chi connectivity index (χ4v) is 2.58. The first-order valence-electron chi connectivity index (χ1n) is 7.55. The van der Waals surface area contributed by atoms with E-state index in [-0.39, 0.29) is 6.42 Å². The van der Waals surface area contributed by atoms with Crippen molar-refractivity contribution in [2.24, 2.45) is 0 Å². The number of carboxylic acid groups (broad SMARTS) is 1. The first kappa shape index (κ1) is 15.8. The number of aliphatic carboxylic acids is 1.